The van der Waals surface area contributed by atoms with Crippen LogP contribution in [-0.2, 0) is 6.18 Å². The van der Waals surface area contributed by atoms with Crippen LogP contribution in [0.3, 0.4) is 0 Å². The minimum absolute atomic E-state index is 0.0474. The van der Waals surface area contributed by atoms with E-state index in [4.69, 9.17) is 5.11 Å². The highest BCUT2D eigenvalue weighted by atomic mass is 19.4. The van der Waals surface area contributed by atoms with Gasteiger partial charge in [-0.05, 0) is 24.3 Å². The number of aromatic amines is 1. The predicted octanol–water partition coefficient (Wildman–Crippen LogP) is 2.94. The summed E-state index contributed by atoms with van der Waals surface area (Å²) >= 11 is 0. The average Bonchev–Trinajstić information content (AvgIpc) is 2.77. The Morgan fingerprint density at radius 2 is 1.78 bits per heavy atom. The number of rotatable bonds is 2. The van der Waals surface area contributed by atoms with Crippen LogP contribution >= 0.6 is 0 Å². The molecule has 0 bridgehead atoms. The summed E-state index contributed by atoms with van der Waals surface area (Å²) in [7, 11) is 0. The van der Waals surface area contributed by atoms with Crippen LogP contribution in [0.15, 0.2) is 34.5 Å². The van der Waals surface area contributed by atoms with Crippen molar-refractivity contribution in [1.29, 1.82) is 0 Å². The fourth-order valence-corrected chi connectivity index (χ4v) is 1.05. The molecule has 9 heteroatoms. The Hall–Kier alpha value is -2.45. The van der Waals surface area contributed by atoms with Crippen molar-refractivity contribution in [1.82, 2.24) is 15.2 Å². The second-order valence-corrected chi connectivity index (χ2v) is 3.20. The van der Waals surface area contributed by atoms with Gasteiger partial charge in [0, 0.05) is 0 Å². The van der Waals surface area contributed by atoms with E-state index < -0.39 is 17.9 Å². The van der Waals surface area contributed by atoms with Gasteiger partial charge in [0.2, 0.25) is 5.82 Å². The summed E-state index contributed by atoms with van der Waals surface area (Å²) in [6, 6.07) is 5.62. The second kappa shape index (κ2) is 4.43. The third-order valence-corrected chi connectivity index (χ3v) is 1.85. The number of H-pyrrole nitrogens is 1. The molecular weight excluding hydrogens is 251 g/mol. The highest BCUT2D eigenvalue weighted by Gasteiger charge is 2.35. The molecule has 0 aliphatic rings. The average molecular weight is 257 g/mol. The Kier molecular flexibility index (Phi) is 2.96. The van der Waals surface area contributed by atoms with Crippen molar-refractivity contribution >= 4 is 11.6 Å². The zero-order valence-electron chi connectivity index (χ0n) is 8.68. The van der Waals surface area contributed by atoms with Crippen LogP contribution in [0, 0.1) is 0 Å². The van der Waals surface area contributed by atoms with Gasteiger partial charge in [-0.3, -0.25) is 5.10 Å². The molecule has 0 saturated heterocycles. The number of phenolic OH excluding ortho intramolecular Hbond substituents is 1. The number of aromatic hydroxyl groups is 1. The molecule has 1 aromatic carbocycles. The summed E-state index contributed by atoms with van der Waals surface area (Å²) in [6.45, 7) is 0. The van der Waals surface area contributed by atoms with Gasteiger partial charge in [0.05, 0.1) is 5.69 Å². The molecule has 0 unspecified atom stereocenters. The molecule has 94 valence electrons. The van der Waals surface area contributed by atoms with Crippen molar-refractivity contribution < 1.29 is 18.3 Å². The summed E-state index contributed by atoms with van der Waals surface area (Å²) in [5.74, 6) is -1.61. The molecule has 0 aliphatic heterocycles. The predicted molar refractivity (Wildman–Crippen MR) is 53.7 cm³/mol. The second-order valence-electron chi connectivity index (χ2n) is 3.20. The lowest BCUT2D eigenvalue weighted by molar-refractivity contribution is -0.144. The highest BCUT2D eigenvalue weighted by Crippen LogP contribution is 2.27. The quantitative estimate of drug-likeness (QED) is 0.811. The maximum absolute atomic E-state index is 12.2. The monoisotopic (exact) mass is 257 g/mol. The lowest BCUT2D eigenvalue weighted by atomic mass is 10.3. The van der Waals surface area contributed by atoms with Crippen molar-refractivity contribution in [2.75, 3.05) is 0 Å². The minimum atomic E-state index is -4.60. The van der Waals surface area contributed by atoms with Crippen molar-refractivity contribution in [2.45, 2.75) is 6.18 Å². The molecular formula is C9H6F3N5O. The standard InChI is InChI=1S/C9H6F3N5O/c10-9(11,12)7-13-8(17-15-7)16-14-5-1-3-6(18)4-2-5/h1-4,18H,(H,13,15,17). The molecule has 0 radical (unpaired) electrons. The van der Waals surface area contributed by atoms with Crippen LogP contribution in [0.4, 0.5) is 24.8 Å². The molecule has 0 fully saturated rings. The zero-order valence-corrected chi connectivity index (χ0v) is 8.68. The lowest BCUT2D eigenvalue weighted by Gasteiger charge is -1.97. The van der Waals surface area contributed by atoms with E-state index in [2.05, 4.69) is 20.3 Å². The Morgan fingerprint density at radius 1 is 1.11 bits per heavy atom. The molecule has 2 N–H and O–H groups in total. The van der Waals surface area contributed by atoms with E-state index in [-0.39, 0.29) is 5.75 Å². The van der Waals surface area contributed by atoms with Crippen molar-refractivity contribution in [3.05, 3.63) is 30.1 Å². The van der Waals surface area contributed by atoms with Crippen LogP contribution < -0.4 is 0 Å². The summed E-state index contributed by atoms with van der Waals surface area (Å²) < 4.78 is 36.5. The van der Waals surface area contributed by atoms with Crippen molar-refractivity contribution in [3.63, 3.8) is 0 Å². The normalized spacial score (nSPS) is 12.2. The first-order valence-corrected chi connectivity index (χ1v) is 4.65. The number of hydrogen-bond donors (Lipinski definition) is 2. The topological polar surface area (TPSA) is 86.5 Å². The van der Waals surface area contributed by atoms with E-state index in [1.54, 1.807) is 5.10 Å². The van der Waals surface area contributed by atoms with Crippen molar-refractivity contribution in [2.24, 2.45) is 10.2 Å². The molecule has 0 amide bonds. The van der Waals surface area contributed by atoms with Gasteiger partial charge in [-0.15, -0.1) is 15.3 Å². The maximum Gasteiger partial charge on any atom is 0.451 e. The van der Waals surface area contributed by atoms with E-state index in [1.165, 1.54) is 24.3 Å². The number of nitrogens with zero attached hydrogens (tertiary/aromatic N) is 4. The third kappa shape index (κ3) is 2.81. The molecule has 0 saturated carbocycles. The minimum Gasteiger partial charge on any atom is -0.508 e. The van der Waals surface area contributed by atoms with Gasteiger partial charge in [-0.25, -0.2) is 0 Å². The van der Waals surface area contributed by atoms with E-state index in [0.29, 0.717) is 5.69 Å². The molecule has 0 atom stereocenters. The molecule has 18 heavy (non-hydrogen) atoms. The Bertz CT molecular complexity index is 560. The van der Waals surface area contributed by atoms with Crippen LogP contribution in [0.1, 0.15) is 5.82 Å². The first-order chi connectivity index (χ1) is 8.45. The zero-order chi connectivity index (χ0) is 13.2. The highest BCUT2D eigenvalue weighted by molar-refractivity contribution is 5.40. The molecule has 2 aromatic rings. The summed E-state index contributed by atoms with van der Waals surface area (Å²) in [4.78, 5) is 3.11. The van der Waals surface area contributed by atoms with Gasteiger partial charge < -0.3 is 5.11 Å². The number of azo groups is 1. The summed E-state index contributed by atoms with van der Waals surface area (Å²) in [6.07, 6.45) is -4.60. The number of nitrogens with one attached hydrogen (secondary N) is 1. The van der Waals surface area contributed by atoms with E-state index >= 15 is 0 Å². The van der Waals surface area contributed by atoms with E-state index in [9.17, 15) is 13.2 Å². The van der Waals surface area contributed by atoms with Crippen LogP contribution in [0.25, 0.3) is 0 Å². The number of halogens is 3. The molecule has 1 heterocycles. The number of hydrogen-bond acceptors (Lipinski definition) is 5. The molecule has 0 spiro atoms. The van der Waals surface area contributed by atoms with E-state index in [0.717, 1.165) is 0 Å². The number of benzene rings is 1. The summed E-state index contributed by atoms with van der Waals surface area (Å²) in [5, 5.41) is 21.0. The SMILES string of the molecule is Oc1ccc(N=Nc2n[nH]c(C(F)(F)F)n2)cc1. The fraction of sp³-hybridized carbons (Fsp3) is 0.111. The first kappa shape index (κ1) is 12.0. The van der Waals surface area contributed by atoms with Gasteiger partial charge in [-0.1, -0.05) is 0 Å². The fourth-order valence-electron chi connectivity index (χ4n) is 1.05. The van der Waals surface area contributed by atoms with Gasteiger partial charge in [0.15, 0.2) is 0 Å². The third-order valence-electron chi connectivity index (χ3n) is 1.85. The summed E-state index contributed by atoms with van der Waals surface area (Å²) in [5.41, 5.74) is 0.353. The Balaban J connectivity index is 2.14. The first-order valence-electron chi connectivity index (χ1n) is 4.65. The lowest BCUT2D eigenvalue weighted by Crippen LogP contribution is -2.07. The van der Waals surface area contributed by atoms with Crippen LogP contribution in [0.2, 0.25) is 0 Å². The molecule has 6 nitrogen and oxygen atoms in total. The van der Waals surface area contributed by atoms with Crippen LogP contribution in [0.5, 0.6) is 5.75 Å². The Labute approximate surface area is 98.2 Å². The Morgan fingerprint density at radius 3 is 2.33 bits per heavy atom. The van der Waals surface area contributed by atoms with Crippen LogP contribution in [-0.4, -0.2) is 20.3 Å². The molecule has 2 rings (SSSR count). The maximum atomic E-state index is 12.2. The van der Waals surface area contributed by atoms with E-state index in [1.807, 2.05) is 0 Å². The van der Waals surface area contributed by atoms with Crippen molar-refractivity contribution in [3.8, 4) is 5.75 Å². The molecule has 1 aromatic heterocycles. The number of phenols is 1. The largest absolute Gasteiger partial charge is 0.508 e. The van der Waals surface area contributed by atoms with Gasteiger partial charge in [0.1, 0.15) is 5.75 Å². The smallest absolute Gasteiger partial charge is 0.451 e. The van der Waals surface area contributed by atoms with Gasteiger partial charge >= 0.3 is 6.18 Å². The van der Waals surface area contributed by atoms with Gasteiger partial charge in [-0.2, -0.15) is 18.2 Å². The van der Waals surface area contributed by atoms with Gasteiger partial charge in [0.25, 0.3) is 5.95 Å². The molecule has 0 aliphatic carbocycles. The number of alkyl halides is 3. The number of aromatic nitrogens is 3.